The number of rotatable bonds is 2. The fourth-order valence-corrected chi connectivity index (χ4v) is 1.66. The van der Waals surface area contributed by atoms with E-state index in [2.05, 4.69) is 27.9 Å². The van der Waals surface area contributed by atoms with E-state index in [1.807, 2.05) is 6.92 Å². The van der Waals surface area contributed by atoms with Crippen molar-refractivity contribution in [3.05, 3.63) is 23.9 Å². The van der Waals surface area contributed by atoms with Gasteiger partial charge >= 0.3 is 5.97 Å². The fraction of sp³-hybridized carbons (Fsp3) is 0.375. The van der Waals surface area contributed by atoms with Gasteiger partial charge in [-0.2, -0.15) is 0 Å². The third-order valence-corrected chi connectivity index (χ3v) is 3.47. The first kappa shape index (κ1) is 9.57. The molecule has 66 valence electrons. The number of carboxylic acids is 1. The molecule has 1 unspecified atom stereocenters. The van der Waals surface area contributed by atoms with Gasteiger partial charge in [0.25, 0.3) is 0 Å². The number of carbonyl (C=O) groups is 1. The lowest BCUT2D eigenvalue weighted by molar-refractivity contribution is -0.133. The van der Waals surface area contributed by atoms with Crippen molar-refractivity contribution < 1.29 is 9.90 Å². The van der Waals surface area contributed by atoms with E-state index >= 15 is 0 Å². The summed E-state index contributed by atoms with van der Waals surface area (Å²) in [5.74, 6) is -0.858. The topological polar surface area (TPSA) is 49.3 Å². The van der Waals surface area contributed by atoms with Crippen LogP contribution < -0.4 is 5.32 Å². The number of hydrogen-bond acceptors (Lipinski definition) is 2. The van der Waals surface area contributed by atoms with Crippen molar-refractivity contribution in [1.82, 2.24) is 5.32 Å². The predicted molar refractivity (Wildman–Crippen MR) is 55.0 cm³/mol. The molecular weight excluding hydrogens is 269 g/mol. The Bertz CT molecular complexity index is 260. The van der Waals surface area contributed by atoms with E-state index in [0.717, 1.165) is 6.42 Å². The maximum absolute atomic E-state index is 10.8. The molecule has 4 heteroatoms. The van der Waals surface area contributed by atoms with Crippen molar-refractivity contribution in [1.29, 1.82) is 0 Å². The minimum absolute atomic E-state index is 0.410. The first-order chi connectivity index (χ1) is 5.60. The molecule has 0 amide bonds. The number of hydrogen-bond donors (Lipinski definition) is 2. The zero-order valence-corrected chi connectivity index (χ0v) is 8.83. The highest BCUT2D eigenvalue weighted by molar-refractivity contribution is 14.1. The SMILES string of the molecule is CCC1(I)NC=CC=C1C(=O)O. The molecule has 0 radical (unpaired) electrons. The van der Waals surface area contributed by atoms with Gasteiger partial charge in [0.2, 0.25) is 0 Å². The second kappa shape index (κ2) is 3.47. The first-order valence-electron chi connectivity index (χ1n) is 3.67. The summed E-state index contributed by atoms with van der Waals surface area (Å²) in [4.78, 5) is 10.8. The van der Waals surface area contributed by atoms with Gasteiger partial charge in [-0.3, -0.25) is 0 Å². The summed E-state index contributed by atoms with van der Waals surface area (Å²) in [6.07, 6.45) is 5.85. The van der Waals surface area contributed by atoms with Gasteiger partial charge in [0.05, 0.1) is 5.57 Å². The van der Waals surface area contributed by atoms with Crippen molar-refractivity contribution in [3.8, 4) is 0 Å². The zero-order chi connectivity index (χ0) is 9.19. The smallest absolute Gasteiger partial charge is 0.334 e. The monoisotopic (exact) mass is 279 g/mol. The Morgan fingerprint density at radius 2 is 2.50 bits per heavy atom. The lowest BCUT2D eigenvalue weighted by Gasteiger charge is -2.29. The summed E-state index contributed by atoms with van der Waals surface area (Å²) < 4.78 is -0.446. The summed E-state index contributed by atoms with van der Waals surface area (Å²) in [5.41, 5.74) is 0.410. The third kappa shape index (κ3) is 1.63. The quantitative estimate of drug-likeness (QED) is 0.459. The summed E-state index contributed by atoms with van der Waals surface area (Å²) >= 11 is 2.12. The van der Waals surface area contributed by atoms with Gasteiger partial charge in [-0.25, -0.2) is 4.79 Å². The van der Waals surface area contributed by atoms with E-state index in [0.29, 0.717) is 5.57 Å². The molecule has 2 N–H and O–H groups in total. The number of aliphatic carboxylic acids is 1. The van der Waals surface area contributed by atoms with Crippen LogP contribution in [0.3, 0.4) is 0 Å². The van der Waals surface area contributed by atoms with E-state index < -0.39 is 9.51 Å². The molecular formula is C8H10INO2. The molecule has 12 heavy (non-hydrogen) atoms. The minimum atomic E-state index is -0.858. The van der Waals surface area contributed by atoms with Crippen LogP contribution in [0.1, 0.15) is 13.3 Å². The zero-order valence-electron chi connectivity index (χ0n) is 6.67. The summed E-state index contributed by atoms with van der Waals surface area (Å²) in [5, 5.41) is 11.9. The standard InChI is InChI=1S/C8H10INO2/c1-2-8(9)6(7(11)12)4-3-5-10-8/h3-5,10H,2H2,1H3,(H,11,12). The molecule has 1 rings (SSSR count). The molecule has 0 saturated carbocycles. The van der Waals surface area contributed by atoms with Gasteiger partial charge in [0.1, 0.15) is 3.55 Å². The average molecular weight is 279 g/mol. The normalized spacial score (nSPS) is 27.7. The van der Waals surface area contributed by atoms with E-state index in [-0.39, 0.29) is 0 Å². The lowest BCUT2D eigenvalue weighted by Crippen LogP contribution is -2.41. The first-order valence-corrected chi connectivity index (χ1v) is 4.75. The molecule has 0 aromatic carbocycles. The fourth-order valence-electron chi connectivity index (χ4n) is 1.07. The Morgan fingerprint density at radius 3 is 2.92 bits per heavy atom. The van der Waals surface area contributed by atoms with E-state index in [1.165, 1.54) is 0 Å². The van der Waals surface area contributed by atoms with Crippen molar-refractivity contribution in [2.75, 3.05) is 0 Å². The maximum Gasteiger partial charge on any atom is 0.334 e. The van der Waals surface area contributed by atoms with E-state index in [4.69, 9.17) is 5.11 Å². The number of halogens is 1. The number of allylic oxidation sites excluding steroid dienone is 2. The van der Waals surface area contributed by atoms with Crippen LogP contribution in [0.4, 0.5) is 0 Å². The van der Waals surface area contributed by atoms with E-state index in [9.17, 15) is 4.79 Å². The van der Waals surface area contributed by atoms with Crippen LogP contribution in [0.2, 0.25) is 0 Å². The lowest BCUT2D eigenvalue weighted by atomic mass is 10.0. The molecule has 0 bridgehead atoms. The van der Waals surface area contributed by atoms with Gasteiger partial charge in [-0.15, -0.1) is 0 Å². The van der Waals surface area contributed by atoms with Crippen LogP contribution in [-0.4, -0.2) is 14.6 Å². The van der Waals surface area contributed by atoms with Gasteiger partial charge in [0.15, 0.2) is 0 Å². The van der Waals surface area contributed by atoms with Crippen molar-refractivity contribution in [3.63, 3.8) is 0 Å². The summed E-state index contributed by atoms with van der Waals surface area (Å²) in [7, 11) is 0. The molecule has 0 saturated heterocycles. The van der Waals surface area contributed by atoms with Crippen LogP contribution in [0.25, 0.3) is 0 Å². The molecule has 0 aliphatic carbocycles. The minimum Gasteiger partial charge on any atom is -0.478 e. The molecule has 1 aliphatic rings. The van der Waals surface area contributed by atoms with Crippen LogP contribution in [-0.2, 0) is 4.79 Å². The van der Waals surface area contributed by atoms with Crippen molar-refractivity contribution in [2.45, 2.75) is 16.9 Å². The van der Waals surface area contributed by atoms with Crippen molar-refractivity contribution in [2.24, 2.45) is 0 Å². The average Bonchev–Trinajstić information content (AvgIpc) is 2.05. The summed E-state index contributed by atoms with van der Waals surface area (Å²) in [6.45, 7) is 1.95. The van der Waals surface area contributed by atoms with Gasteiger partial charge in [0, 0.05) is 0 Å². The molecule has 3 nitrogen and oxygen atoms in total. The van der Waals surface area contributed by atoms with Crippen LogP contribution in [0.15, 0.2) is 23.9 Å². The van der Waals surface area contributed by atoms with Gasteiger partial charge in [-0.05, 0) is 47.4 Å². The Kier molecular flexibility index (Phi) is 2.76. The number of nitrogens with one attached hydrogen (secondary N) is 1. The highest BCUT2D eigenvalue weighted by atomic mass is 127. The largest absolute Gasteiger partial charge is 0.478 e. The highest BCUT2D eigenvalue weighted by Crippen LogP contribution is 2.30. The molecule has 1 atom stereocenters. The molecule has 0 spiro atoms. The number of dihydropyridines is 1. The maximum atomic E-state index is 10.8. The third-order valence-electron chi connectivity index (χ3n) is 1.82. The Balaban J connectivity index is 2.98. The van der Waals surface area contributed by atoms with Crippen LogP contribution in [0.5, 0.6) is 0 Å². The van der Waals surface area contributed by atoms with Crippen LogP contribution in [0, 0.1) is 0 Å². The Morgan fingerprint density at radius 1 is 1.83 bits per heavy atom. The van der Waals surface area contributed by atoms with E-state index in [1.54, 1.807) is 18.4 Å². The number of carboxylic acid groups (broad SMARTS) is 1. The molecule has 1 heterocycles. The molecule has 0 aromatic heterocycles. The number of alkyl halides is 1. The van der Waals surface area contributed by atoms with Gasteiger partial charge < -0.3 is 10.4 Å². The Hall–Kier alpha value is -0.520. The predicted octanol–water partition coefficient (Wildman–Crippen LogP) is 1.66. The molecule has 1 aliphatic heterocycles. The summed E-state index contributed by atoms with van der Waals surface area (Å²) in [6, 6.07) is 0. The molecule has 0 aromatic rings. The second-order valence-electron chi connectivity index (χ2n) is 2.54. The molecule has 0 fully saturated rings. The van der Waals surface area contributed by atoms with Crippen molar-refractivity contribution >= 4 is 28.6 Å². The van der Waals surface area contributed by atoms with Gasteiger partial charge in [-0.1, -0.05) is 6.92 Å². The Labute approximate surface area is 84.7 Å². The van der Waals surface area contributed by atoms with Crippen LogP contribution >= 0.6 is 22.6 Å². The second-order valence-corrected chi connectivity index (χ2v) is 4.39. The highest BCUT2D eigenvalue weighted by Gasteiger charge is 2.33.